The number of esters is 1. The van der Waals surface area contributed by atoms with Gasteiger partial charge in [-0.2, -0.15) is 0 Å². The summed E-state index contributed by atoms with van der Waals surface area (Å²) in [6.45, 7) is 9.01. The van der Waals surface area contributed by atoms with Crippen molar-refractivity contribution in [1.82, 2.24) is 0 Å². The van der Waals surface area contributed by atoms with Crippen LogP contribution in [0.25, 0.3) is 0 Å². The van der Waals surface area contributed by atoms with Crippen LogP contribution in [0.2, 0.25) is 0 Å². The van der Waals surface area contributed by atoms with Crippen molar-refractivity contribution in [2.24, 2.45) is 4.99 Å². The van der Waals surface area contributed by atoms with E-state index in [1.54, 1.807) is 12.1 Å². The second-order valence-electron chi connectivity index (χ2n) is 8.04. The van der Waals surface area contributed by atoms with Crippen molar-refractivity contribution >= 4 is 23.6 Å². The molecule has 142 valence electrons. The molecule has 2 aromatic carbocycles. The number of methoxy groups -OCH3 is 1. The fraction of sp³-hybridized carbons (Fsp3) is 0.391. The molecule has 27 heavy (non-hydrogen) atoms. The Balaban J connectivity index is 1.94. The van der Waals surface area contributed by atoms with Gasteiger partial charge in [-0.05, 0) is 80.1 Å². The lowest BCUT2D eigenvalue weighted by Crippen LogP contribution is -2.45. The van der Waals surface area contributed by atoms with Crippen LogP contribution in [0.4, 0.5) is 11.4 Å². The van der Waals surface area contributed by atoms with Gasteiger partial charge in [0.2, 0.25) is 0 Å². The maximum atomic E-state index is 11.7. The van der Waals surface area contributed by atoms with Gasteiger partial charge < -0.3 is 9.64 Å². The van der Waals surface area contributed by atoms with E-state index in [2.05, 4.69) is 56.8 Å². The number of rotatable bonds is 3. The minimum absolute atomic E-state index is 0.156. The molecule has 2 aromatic rings. The molecule has 0 N–H and O–H groups in total. The van der Waals surface area contributed by atoms with Crippen LogP contribution in [-0.2, 0) is 4.74 Å². The summed E-state index contributed by atoms with van der Waals surface area (Å²) in [5.41, 5.74) is 6.37. The van der Waals surface area contributed by atoms with Crippen molar-refractivity contribution in [2.75, 3.05) is 19.1 Å². The quantitative estimate of drug-likeness (QED) is 0.551. The van der Waals surface area contributed by atoms with Gasteiger partial charge in [0.25, 0.3) is 0 Å². The third-order valence-corrected chi connectivity index (χ3v) is 5.64. The van der Waals surface area contributed by atoms with Crippen LogP contribution in [0.5, 0.6) is 0 Å². The van der Waals surface area contributed by atoms with E-state index < -0.39 is 0 Å². The normalized spacial score (nSPS) is 18.4. The topological polar surface area (TPSA) is 41.9 Å². The molecule has 0 spiro atoms. The lowest BCUT2D eigenvalue weighted by molar-refractivity contribution is 0.0601. The van der Waals surface area contributed by atoms with E-state index in [0.29, 0.717) is 11.5 Å². The first-order chi connectivity index (χ1) is 12.7. The highest BCUT2D eigenvalue weighted by molar-refractivity contribution is 5.91. The smallest absolute Gasteiger partial charge is 0.337 e. The lowest BCUT2D eigenvalue weighted by atomic mass is 9.79. The third-order valence-electron chi connectivity index (χ3n) is 5.64. The van der Waals surface area contributed by atoms with Gasteiger partial charge in [-0.3, -0.25) is 4.99 Å². The monoisotopic (exact) mass is 364 g/mol. The number of aliphatic imine (C=N–C) groups is 1. The average molecular weight is 364 g/mol. The van der Waals surface area contributed by atoms with Crippen LogP contribution in [0.3, 0.4) is 0 Å². The van der Waals surface area contributed by atoms with Gasteiger partial charge in [-0.1, -0.05) is 13.0 Å². The summed E-state index contributed by atoms with van der Waals surface area (Å²) < 4.78 is 4.78. The first kappa shape index (κ1) is 19.2. The van der Waals surface area contributed by atoms with E-state index in [9.17, 15) is 4.79 Å². The summed E-state index contributed by atoms with van der Waals surface area (Å²) in [5.74, 6) is 0.151. The largest absolute Gasteiger partial charge is 0.465 e. The minimum atomic E-state index is -0.350. The molecule has 0 amide bonds. The van der Waals surface area contributed by atoms with Gasteiger partial charge >= 0.3 is 5.97 Å². The average Bonchev–Trinajstić information content (AvgIpc) is 2.64. The van der Waals surface area contributed by atoms with Gasteiger partial charge in [0, 0.05) is 24.5 Å². The van der Waals surface area contributed by atoms with Gasteiger partial charge in [0.15, 0.2) is 0 Å². The Kier molecular flexibility index (Phi) is 5.09. The Labute approximate surface area is 161 Å². The fourth-order valence-electron chi connectivity index (χ4n) is 3.85. The van der Waals surface area contributed by atoms with E-state index in [1.807, 2.05) is 18.3 Å². The van der Waals surface area contributed by atoms with Gasteiger partial charge in [-0.25, -0.2) is 4.79 Å². The Bertz CT molecular complexity index is 899. The van der Waals surface area contributed by atoms with E-state index in [0.717, 1.165) is 17.7 Å². The molecule has 4 heteroatoms. The second kappa shape index (κ2) is 7.18. The van der Waals surface area contributed by atoms with Crippen LogP contribution < -0.4 is 4.90 Å². The summed E-state index contributed by atoms with van der Waals surface area (Å²) in [7, 11) is 3.56. The summed E-state index contributed by atoms with van der Waals surface area (Å²) in [4.78, 5) is 18.7. The maximum absolute atomic E-state index is 11.7. The number of hydrogen-bond donors (Lipinski definition) is 0. The van der Waals surface area contributed by atoms with Crippen molar-refractivity contribution in [1.29, 1.82) is 0 Å². The summed E-state index contributed by atoms with van der Waals surface area (Å²) in [5, 5.41) is 0. The Morgan fingerprint density at radius 2 is 2.04 bits per heavy atom. The number of carbonyl (C=O) groups is 1. The number of ether oxygens (including phenoxy) is 1. The zero-order chi connectivity index (χ0) is 19.8. The predicted molar refractivity (Wildman–Crippen MR) is 112 cm³/mol. The molecule has 1 unspecified atom stereocenters. The molecule has 1 atom stereocenters. The van der Waals surface area contributed by atoms with Crippen LogP contribution in [-0.4, -0.2) is 31.9 Å². The molecule has 0 aliphatic carbocycles. The Morgan fingerprint density at radius 1 is 1.30 bits per heavy atom. The van der Waals surface area contributed by atoms with Crippen LogP contribution in [0, 0.1) is 6.92 Å². The number of hydrogen-bond acceptors (Lipinski definition) is 4. The van der Waals surface area contributed by atoms with Crippen LogP contribution in [0.15, 0.2) is 41.4 Å². The molecule has 0 saturated heterocycles. The number of aryl methyl sites for hydroxylation is 1. The third kappa shape index (κ3) is 3.75. The van der Waals surface area contributed by atoms with Gasteiger partial charge in [0.05, 0.1) is 18.4 Å². The lowest BCUT2D eigenvalue weighted by Gasteiger charge is -2.45. The Morgan fingerprint density at radius 3 is 2.74 bits per heavy atom. The number of carbonyl (C=O) groups excluding carboxylic acids is 1. The Hall–Kier alpha value is -2.62. The number of anilines is 1. The van der Waals surface area contributed by atoms with Crippen molar-refractivity contribution in [3.8, 4) is 0 Å². The highest BCUT2D eigenvalue weighted by atomic mass is 16.5. The summed E-state index contributed by atoms with van der Waals surface area (Å²) in [6.07, 6.45) is 3.01. The van der Waals surface area contributed by atoms with E-state index in [-0.39, 0.29) is 11.5 Å². The molecule has 3 rings (SSSR count). The fourth-order valence-corrected chi connectivity index (χ4v) is 3.85. The van der Waals surface area contributed by atoms with Crippen LogP contribution in [0.1, 0.15) is 60.2 Å². The van der Waals surface area contributed by atoms with Crippen molar-refractivity contribution in [3.63, 3.8) is 0 Å². The molecule has 0 bridgehead atoms. The van der Waals surface area contributed by atoms with E-state index in [4.69, 9.17) is 4.74 Å². The van der Waals surface area contributed by atoms with Crippen molar-refractivity contribution < 1.29 is 9.53 Å². The number of benzene rings is 2. The van der Waals surface area contributed by atoms with Gasteiger partial charge in [-0.15, -0.1) is 0 Å². The highest BCUT2D eigenvalue weighted by Gasteiger charge is 2.34. The standard InChI is InChI=1S/C23H28N2O2/c1-15-10-21-20(16(2)13-23(3,4)25(21)5)12-18(15)14-24-19-9-7-8-17(11-19)22(26)27-6/h7-12,14,16H,13H2,1-6H3. The molecule has 1 aliphatic heterocycles. The SMILES string of the molecule is COC(=O)c1cccc(N=Cc2cc3c(cc2C)N(C)C(C)(C)CC3C)c1. The minimum Gasteiger partial charge on any atom is -0.465 e. The summed E-state index contributed by atoms with van der Waals surface area (Å²) in [6, 6.07) is 11.7. The molecule has 0 saturated carbocycles. The highest BCUT2D eigenvalue weighted by Crippen LogP contribution is 2.43. The van der Waals surface area contributed by atoms with E-state index in [1.165, 1.54) is 23.9 Å². The molecule has 4 nitrogen and oxygen atoms in total. The zero-order valence-electron chi connectivity index (χ0n) is 17.0. The molecule has 1 heterocycles. The van der Waals surface area contributed by atoms with E-state index >= 15 is 0 Å². The zero-order valence-corrected chi connectivity index (χ0v) is 17.0. The molecule has 0 radical (unpaired) electrons. The molecule has 1 aliphatic rings. The number of fused-ring (bicyclic) bond motifs is 1. The van der Waals surface area contributed by atoms with Crippen molar-refractivity contribution in [3.05, 3.63) is 58.7 Å². The molecule has 0 fully saturated rings. The first-order valence-electron chi connectivity index (χ1n) is 9.34. The number of nitrogens with zero attached hydrogens (tertiary/aromatic N) is 2. The molecular formula is C23H28N2O2. The molecule has 0 aromatic heterocycles. The molecular weight excluding hydrogens is 336 g/mol. The van der Waals surface area contributed by atoms with Crippen molar-refractivity contribution in [2.45, 2.75) is 45.6 Å². The van der Waals surface area contributed by atoms with Gasteiger partial charge in [0.1, 0.15) is 0 Å². The second-order valence-corrected chi connectivity index (χ2v) is 8.04. The van der Waals surface area contributed by atoms with Crippen LogP contribution >= 0.6 is 0 Å². The maximum Gasteiger partial charge on any atom is 0.337 e. The summed E-state index contributed by atoms with van der Waals surface area (Å²) >= 11 is 0. The first-order valence-corrected chi connectivity index (χ1v) is 9.34. The predicted octanol–water partition coefficient (Wildman–Crippen LogP) is 5.25.